The highest BCUT2D eigenvalue weighted by atomic mass is 32.1. The molecule has 0 unspecified atom stereocenters. The van der Waals surface area contributed by atoms with E-state index >= 15 is 0 Å². The Bertz CT molecular complexity index is 485. The molecule has 0 fully saturated rings. The van der Waals surface area contributed by atoms with Crippen LogP contribution in [-0.4, -0.2) is 5.97 Å². The molecule has 0 radical (unpaired) electrons. The number of fused-ring (bicyclic) bond motifs is 1. The lowest BCUT2D eigenvalue weighted by molar-refractivity contribution is -0.128. The van der Waals surface area contributed by atoms with Gasteiger partial charge in [0.15, 0.2) is 0 Å². The van der Waals surface area contributed by atoms with E-state index in [0.717, 1.165) is 16.2 Å². The number of rotatable bonds is 2. The number of ether oxygens (including phenoxy) is 1. The van der Waals surface area contributed by atoms with Crippen molar-refractivity contribution in [2.75, 3.05) is 0 Å². The van der Waals surface area contributed by atoms with Gasteiger partial charge in [0.1, 0.15) is 5.75 Å². The predicted octanol–water partition coefficient (Wildman–Crippen LogP) is 2.99. The summed E-state index contributed by atoms with van der Waals surface area (Å²) in [7, 11) is 0. The summed E-state index contributed by atoms with van der Waals surface area (Å²) in [5.74, 6) is 0.184. The molecule has 2 aromatic rings. The Morgan fingerprint density at radius 3 is 3.00 bits per heavy atom. The van der Waals surface area contributed by atoms with E-state index in [9.17, 15) is 4.79 Å². The maximum Gasteiger partial charge on any atom is 0.335 e. The molecule has 2 rings (SSSR count). The zero-order valence-corrected chi connectivity index (χ0v) is 8.21. The molecule has 0 N–H and O–H groups in total. The number of benzene rings is 1. The molecule has 14 heavy (non-hydrogen) atoms. The van der Waals surface area contributed by atoms with E-state index in [1.54, 1.807) is 11.3 Å². The lowest BCUT2D eigenvalue weighted by atomic mass is 10.2. The third-order valence-electron chi connectivity index (χ3n) is 1.82. The normalized spacial score (nSPS) is 10.0. The molecular formula is C11H8O2S. The lowest BCUT2D eigenvalue weighted by Gasteiger charge is -1.97. The minimum Gasteiger partial charge on any atom is -0.422 e. The molecular weight excluding hydrogens is 196 g/mol. The van der Waals surface area contributed by atoms with Crippen molar-refractivity contribution in [2.45, 2.75) is 0 Å². The van der Waals surface area contributed by atoms with Gasteiger partial charge in [-0.3, -0.25) is 0 Å². The molecule has 1 heterocycles. The van der Waals surface area contributed by atoms with Crippen LogP contribution >= 0.6 is 11.3 Å². The first kappa shape index (κ1) is 8.97. The van der Waals surface area contributed by atoms with Crippen LogP contribution in [0.1, 0.15) is 0 Å². The first-order valence-electron chi connectivity index (χ1n) is 4.12. The van der Waals surface area contributed by atoms with Crippen molar-refractivity contribution in [3.63, 3.8) is 0 Å². The van der Waals surface area contributed by atoms with Crippen LogP contribution in [0, 0.1) is 0 Å². The molecule has 3 heteroatoms. The fourth-order valence-electron chi connectivity index (χ4n) is 1.18. The van der Waals surface area contributed by atoms with Crippen molar-refractivity contribution in [1.29, 1.82) is 0 Å². The highest BCUT2D eigenvalue weighted by Crippen LogP contribution is 2.31. The van der Waals surface area contributed by atoms with Gasteiger partial charge in [0.05, 0.1) is 0 Å². The SMILES string of the molecule is C=CC(=O)Oc1csc2ccccc12. The molecule has 0 saturated heterocycles. The van der Waals surface area contributed by atoms with Gasteiger partial charge in [-0.25, -0.2) is 4.79 Å². The van der Waals surface area contributed by atoms with Crippen molar-refractivity contribution >= 4 is 27.4 Å². The Morgan fingerprint density at radius 2 is 2.21 bits per heavy atom. The minimum atomic E-state index is -0.423. The zero-order valence-electron chi connectivity index (χ0n) is 7.40. The second kappa shape index (κ2) is 3.64. The summed E-state index contributed by atoms with van der Waals surface area (Å²) >= 11 is 1.55. The molecule has 0 amide bonds. The maximum absolute atomic E-state index is 11.0. The third-order valence-corrected chi connectivity index (χ3v) is 2.76. The van der Waals surface area contributed by atoms with Crippen molar-refractivity contribution in [3.05, 3.63) is 42.3 Å². The third kappa shape index (κ3) is 1.54. The van der Waals surface area contributed by atoms with Crippen molar-refractivity contribution in [1.82, 2.24) is 0 Å². The summed E-state index contributed by atoms with van der Waals surface area (Å²) in [5.41, 5.74) is 0. The van der Waals surface area contributed by atoms with E-state index in [1.165, 1.54) is 0 Å². The molecule has 0 spiro atoms. The van der Waals surface area contributed by atoms with E-state index in [2.05, 4.69) is 6.58 Å². The Balaban J connectivity index is 2.43. The van der Waals surface area contributed by atoms with Crippen LogP contribution in [0.2, 0.25) is 0 Å². The fraction of sp³-hybridized carbons (Fsp3) is 0. The highest BCUT2D eigenvalue weighted by molar-refractivity contribution is 7.17. The van der Waals surface area contributed by atoms with Gasteiger partial charge < -0.3 is 4.74 Å². The molecule has 0 atom stereocenters. The van der Waals surface area contributed by atoms with Crippen LogP contribution in [0.5, 0.6) is 5.75 Å². The van der Waals surface area contributed by atoms with E-state index < -0.39 is 5.97 Å². The molecule has 0 aliphatic rings. The maximum atomic E-state index is 11.0. The Kier molecular flexibility index (Phi) is 2.33. The second-order valence-corrected chi connectivity index (χ2v) is 3.63. The Labute approximate surface area is 85.4 Å². The van der Waals surface area contributed by atoms with Crippen LogP contribution in [0.3, 0.4) is 0 Å². The van der Waals surface area contributed by atoms with E-state index in [1.807, 2.05) is 29.6 Å². The molecule has 70 valence electrons. The van der Waals surface area contributed by atoms with Crippen molar-refractivity contribution in [2.24, 2.45) is 0 Å². The summed E-state index contributed by atoms with van der Waals surface area (Å²) in [6, 6.07) is 7.79. The van der Waals surface area contributed by atoms with Gasteiger partial charge in [-0.2, -0.15) is 0 Å². The number of carbonyl (C=O) groups is 1. The lowest BCUT2D eigenvalue weighted by Crippen LogP contribution is -2.02. The van der Waals surface area contributed by atoms with Gasteiger partial charge in [-0.05, 0) is 12.1 Å². The molecule has 0 aliphatic carbocycles. The largest absolute Gasteiger partial charge is 0.422 e. The number of hydrogen-bond acceptors (Lipinski definition) is 3. The average molecular weight is 204 g/mol. The summed E-state index contributed by atoms with van der Waals surface area (Å²) in [4.78, 5) is 11.0. The molecule has 1 aromatic carbocycles. The van der Waals surface area contributed by atoms with Crippen LogP contribution in [0.25, 0.3) is 10.1 Å². The monoisotopic (exact) mass is 204 g/mol. The van der Waals surface area contributed by atoms with Gasteiger partial charge in [-0.1, -0.05) is 18.7 Å². The van der Waals surface area contributed by atoms with Crippen LogP contribution < -0.4 is 4.74 Å². The number of carbonyl (C=O) groups excluding carboxylic acids is 1. The zero-order chi connectivity index (χ0) is 9.97. The number of thiophene rings is 1. The van der Waals surface area contributed by atoms with E-state index in [4.69, 9.17) is 4.74 Å². The summed E-state index contributed by atoms with van der Waals surface area (Å²) in [6.45, 7) is 3.35. The smallest absolute Gasteiger partial charge is 0.335 e. The van der Waals surface area contributed by atoms with Crippen LogP contribution in [0.15, 0.2) is 42.3 Å². The minimum absolute atomic E-state index is 0.423. The van der Waals surface area contributed by atoms with Crippen LogP contribution in [-0.2, 0) is 4.79 Å². The Morgan fingerprint density at radius 1 is 1.43 bits per heavy atom. The van der Waals surface area contributed by atoms with Gasteiger partial charge in [0, 0.05) is 21.5 Å². The van der Waals surface area contributed by atoms with Gasteiger partial charge in [0.2, 0.25) is 0 Å². The number of esters is 1. The van der Waals surface area contributed by atoms with Gasteiger partial charge in [-0.15, -0.1) is 11.3 Å². The van der Waals surface area contributed by atoms with Crippen LogP contribution in [0.4, 0.5) is 0 Å². The fourth-order valence-corrected chi connectivity index (χ4v) is 2.04. The molecule has 0 aliphatic heterocycles. The van der Waals surface area contributed by atoms with E-state index in [-0.39, 0.29) is 0 Å². The summed E-state index contributed by atoms with van der Waals surface area (Å²) in [6.07, 6.45) is 1.16. The van der Waals surface area contributed by atoms with Gasteiger partial charge >= 0.3 is 5.97 Å². The quantitative estimate of drug-likeness (QED) is 0.555. The molecule has 1 aromatic heterocycles. The van der Waals surface area contributed by atoms with Crippen molar-refractivity contribution in [3.8, 4) is 5.75 Å². The topological polar surface area (TPSA) is 26.3 Å². The van der Waals surface area contributed by atoms with E-state index in [0.29, 0.717) is 5.75 Å². The molecule has 0 saturated carbocycles. The first-order chi connectivity index (χ1) is 6.81. The summed E-state index contributed by atoms with van der Waals surface area (Å²) < 4.78 is 6.18. The summed E-state index contributed by atoms with van der Waals surface area (Å²) in [5, 5.41) is 2.79. The average Bonchev–Trinajstić information content (AvgIpc) is 2.62. The number of hydrogen-bond donors (Lipinski definition) is 0. The molecule has 0 bridgehead atoms. The van der Waals surface area contributed by atoms with Crippen molar-refractivity contribution < 1.29 is 9.53 Å². The first-order valence-corrected chi connectivity index (χ1v) is 4.99. The predicted molar refractivity (Wildman–Crippen MR) is 57.7 cm³/mol. The Hall–Kier alpha value is -1.61. The van der Waals surface area contributed by atoms with Gasteiger partial charge in [0.25, 0.3) is 0 Å². The standard InChI is InChI=1S/C11H8O2S/c1-2-11(12)13-9-7-14-10-6-4-3-5-8(9)10/h2-7H,1H2. The second-order valence-electron chi connectivity index (χ2n) is 2.72. The highest BCUT2D eigenvalue weighted by Gasteiger charge is 2.06. The molecule has 2 nitrogen and oxygen atoms in total.